The predicted octanol–water partition coefficient (Wildman–Crippen LogP) is 2.61. The van der Waals surface area contributed by atoms with E-state index in [0.29, 0.717) is 11.7 Å². The lowest BCUT2D eigenvalue weighted by atomic mass is 9.93. The standard InChI is InChI=1S/C19H27N5O2.ClH/c1-13-17(22-23-24(13)14-9-11-20-12-10-14)18(25)21-19(2,3)15-7-5-6-8-16(15)26-4;/h5-8,14,20H,9-12H2,1-4H3,(H,21,25);1H. The molecule has 7 nitrogen and oxygen atoms in total. The number of piperidine rings is 1. The molecule has 2 heterocycles. The molecule has 0 aliphatic carbocycles. The molecule has 2 aromatic rings. The molecular formula is C19H28ClN5O2. The second kappa shape index (κ2) is 8.71. The number of para-hydroxylation sites is 1. The molecule has 1 aliphatic rings. The van der Waals surface area contributed by atoms with E-state index in [1.807, 2.05) is 49.7 Å². The highest BCUT2D eigenvalue weighted by molar-refractivity contribution is 5.93. The molecule has 8 heteroatoms. The molecule has 1 fully saturated rings. The average Bonchev–Trinajstić information content (AvgIpc) is 3.03. The Kier molecular flexibility index (Phi) is 6.84. The Hall–Kier alpha value is -2.12. The van der Waals surface area contributed by atoms with E-state index in [4.69, 9.17) is 4.74 Å². The van der Waals surface area contributed by atoms with E-state index < -0.39 is 5.54 Å². The molecule has 1 saturated heterocycles. The summed E-state index contributed by atoms with van der Waals surface area (Å²) in [5, 5.41) is 14.8. The Morgan fingerprint density at radius 3 is 2.63 bits per heavy atom. The Bertz CT molecular complexity index is 784. The number of nitrogens with one attached hydrogen (secondary N) is 2. The summed E-state index contributed by atoms with van der Waals surface area (Å²) in [6, 6.07) is 7.99. The van der Waals surface area contributed by atoms with Crippen LogP contribution in [0.2, 0.25) is 0 Å². The minimum absolute atomic E-state index is 0. The largest absolute Gasteiger partial charge is 0.496 e. The summed E-state index contributed by atoms with van der Waals surface area (Å²) < 4.78 is 7.33. The first kappa shape index (κ1) is 21.2. The minimum Gasteiger partial charge on any atom is -0.496 e. The summed E-state index contributed by atoms with van der Waals surface area (Å²) in [6.45, 7) is 7.75. The van der Waals surface area contributed by atoms with Crippen molar-refractivity contribution >= 4 is 18.3 Å². The monoisotopic (exact) mass is 393 g/mol. The first-order chi connectivity index (χ1) is 12.4. The number of benzene rings is 1. The van der Waals surface area contributed by atoms with Crippen molar-refractivity contribution < 1.29 is 9.53 Å². The molecule has 27 heavy (non-hydrogen) atoms. The zero-order valence-corrected chi connectivity index (χ0v) is 17.1. The molecule has 0 saturated carbocycles. The summed E-state index contributed by atoms with van der Waals surface area (Å²) in [5.74, 6) is 0.520. The molecule has 2 N–H and O–H groups in total. The fraction of sp³-hybridized carbons (Fsp3) is 0.526. The van der Waals surface area contributed by atoms with Gasteiger partial charge >= 0.3 is 0 Å². The minimum atomic E-state index is -0.603. The highest BCUT2D eigenvalue weighted by atomic mass is 35.5. The van der Waals surface area contributed by atoms with Gasteiger partial charge in [0.15, 0.2) is 5.69 Å². The van der Waals surface area contributed by atoms with E-state index in [2.05, 4.69) is 20.9 Å². The average molecular weight is 394 g/mol. The molecule has 1 aliphatic heterocycles. The van der Waals surface area contributed by atoms with Crippen LogP contribution in [-0.2, 0) is 5.54 Å². The third-order valence-electron chi connectivity index (χ3n) is 5.00. The number of amides is 1. The van der Waals surface area contributed by atoms with Gasteiger partial charge in [-0.1, -0.05) is 23.4 Å². The van der Waals surface area contributed by atoms with Gasteiger partial charge in [0.05, 0.1) is 24.4 Å². The van der Waals surface area contributed by atoms with Crippen LogP contribution in [0, 0.1) is 6.92 Å². The van der Waals surface area contributed by atoms with Gasteiger partial charge in [-0.3, -0.25) is 4.79 Å². The van der Waals surface area contributed by atoms with Gasteiger partial charge in [0.1, 0.15) is 5.75 Å². The van der Waals surface area contributed by atoms with Crippen molar-refractivity contribution in [2.75, 3.05) is 20.2 Å². The lowest BCUT2D eigenvalue weighted by Gasteiger charge is -2.28. The first-order valence-electron chi connectivity index (χ1n) is 9.02. The van der Waals surface area contributed by atoms with E-state index in [9.17, 15) is 4.79 Å². The fourth-order valence-corrected chi connectivity index (χ4v) is 3.52. The Morgan fingerprint density at radius 1 is 1.30 bits per heavy atom. The van der Waals surface area contributed by atoms with Gasteiger partial charge in [0.25, 0.3) is 5.91 Å². The normalized spacial score (nSPS) is 15.1. The molecule has 0 bridgehead atoms. The number of halogens is 1. The summed E-state index contributed by atoms with van der Waals surface area (Å²) in [6.07, 6.45) is 2.00. The van der Waals surface area contributed by atoms with E-state index in [1.54, 1.807) is 7.11 Å². The second-order valence-corrected chi connectivity index (χ2v) is 7.23. The number of carbonyl (C=O) groups is 1. The van der Waals surface area contributed by atoms with E-state index in [1.165, 1.54) is 0 Å². The maximum absolute atomic E-state index is 12.9. The lowest BCUT2D eigenvalue weighted by Crippen LogP contribution is -2.41. The van der Waals surface area contributed by atoms with Crippen LogP contribution in [0.25, 0.3) is 0 Å². The maximum Gasteiger partial charge on any atom is 0.274 e. The van der Waals surface area contributed by atoms with Crippen LogP contribution in [0.5, 0.6) is 5.75 Å². The number of methoxy groups -OCH3 is 1. The third-order valence-corrected chi connectivity index (χ3v) is 5.00. The Labute approximate surface area is 166 Å². The number of aromatic nitrogens is 3. The zero-order valence-electron chi connectivity index (χ0n) is 16.3. The van der Waals surface area contributed by atoms with Crippen molar-refractivity contribution in [2.24, 2.45) is 0 Å². The molecule has 1 amide bonds. The van der Waals surface area contributed by atoms with Crippen LogP contribution >= 0.6 is 12.4 Å². The fourth-order valence-electron chi connectivity index (χ4n) is 3.52. The van der Waals surface area contributed by atoms with Crippen LogP contribution in [0.3, 0.4) is 0 Å². The van der Waals surface area contributed by atoms with Gasteiger partial charge in [-0.15, -0.1) is 17.5 Å². The molecule has 0 radical (unpaired) electrons. The van der Waals surface area contributed by atoms with Crippen molar-refractivity contribution in [1.82, 2.24) is 25.6 Å². The van der Waals surface area contributed by atoms with Crippen molar-refractivity contribution in [3.05, 3.63) is 41.2 Å². The van der Waals surface area contributed by atoms with Crippen LogP contribution in [0.1, 0.15) is 54.5 Å². The van der Waals surface area contributed by atoms with Gasteiger partial charge in [-0.2, -0.15) is 0 Å². The summed E-state index contributed by atoms with van der Waals surface area (Å²) >= 11 is 0. The molecule has 0 atom stereocenters. The van der Waals surface area contributed by atoms with Crippen LogP contribution in [-0.4, -0.2) is 41.1 Å². The van der Waals surface area contributed by atoms with Crippen molar-refractivity contribution in [1.29, 1.82) is 0 Å². The molecule has 1 aromatic carbocycles. The summed E-state index contributed by atoms with van der Waals surface area (Å²) in [7, 11) is 1.63. The molecular weight excluding hydrogens is 366 g/mol. The SMILES string of the molecule is COc1ccccc1C(C)(C)NC(=O)c1nnn(C2CCNCC2)c1C.Cl. The van der Waals surface area contributed by atoms with Gasteiger partial charge in [-0.25, -0.2) is 4.68 Å². The molecule has 3 rings (SSSR count). The highest BCUT2D eigenvalue weighted by Crippen LogP contribution is 2.29. The molecule has 148 valence electrons. The number of ether oxygens (including phenoxy) is 1. The second-order valence-electron chi connectivity index (χ2n) is 7.23. The van der Waals surface area contributed by atoms with Gasteiger partial charge in [0.2, 0.25) is 0 Å². The van der Waals surface area contributed by atoms with Crippen LogP contribution < -0.4 is 15.4 Å². The third kappa shape index (κ3) is 4.42. The number of nitrogens with zero attached hydrogens (tertiary/aromatic N) is 3. The summed E-state index contributed by atoms with van der Waals surface area (Å²) in [4.78, 5) is 12.9. The van der Waals surface area contributed by atoms with Gasteiger partial charge in [-0.05, 0) is 52.8 Å². The van der Waals surface area contributed by atoms with Crippen LogP contribution in [0.4, 0.5) is 0 Å². The Morgan fingerprint density at radius 2 is 1.96 bits per heavy atom. The number of rotatable bonds is 5. The van der Waals surface area contributed by atoms with Crippen LogP contribution in [0.15, 0.2) is 24.3 Å². The first-order valence-corrected chi connectivity index (χ1v) is 9.02. The molecule has 1 aromatic heterocycles. The number of carbonyl (C=O) groups excluding carboxylic acids is 1. The van der Waals surface area contributed by atoms with Gasteiger partial charge < -0.3 is 15.4 Å². The maximum atomic E-state index is 12.9. The lowest BCUT2D eigenvalue weighted by molar-refractivity contribution is 0.0905. The van der Waals surface area contributed by atoms with E-state index in [-0.39, 0.29) is 18.3 Å². The predicted molar refractivity (Wildman–Crippen MR) is 107 cm³/mol. The van der Waals surface area contributed by atoms with Crippen molar-refractivity contribution in [3.8, 4) is 5.75 Å². The van der Waals surface area contributed by atoms with E-state index >= 15 is 0 Å². The summed E-state index contributed by atoms with van der Waals surface area (Å²) in [5.41, 5.74) is 1.50. The topological polar surface area (TPSA) is 81.1 Å². The number of hydrogen-bond donors (Lipinski definition) is 2. The molecule has 0 spiro atoms. The zero-order chi connectivity index (χ0) is 18.7. The Balaban J connectivity index is 0.00000261. The van der Waals surface area contributed by atoms with Gasteiger partial charge in [0, 0.05) is 5.56 Å². The number of hydrogen-bond acceptors (Lipinski definition) is 5. The highest BCUT2D eigenvalue weighted by Gasteiger charge is 2.29. The molecule has 0 unspecified atom stereocenters. The van der Waals surface area contributed by atoms with Crippen molar-refractivity contribution in [3.63, 3.8) is 0 Å². The van der Waals surface area contributed by atoms with E-state index in [0.717, 1.165) is 42.9 Å². The quantitative estimate of drug-likeness (QED) is 0.816. The van der Waals surface area contributed by atoms with Crippen molar-refractivity contribution in [2.45, 2.75) is 45.2 Å². The smallest absolute Gasteiger partial charge is 0.274 e.